The van der Waals surface area contributed by atoms with Crippen LogP contribution in [0.2, 0.25) is 0 Å². The molecule has 144 valence electrons. The molecule has 2 heterocycles. The number of halogens is 1. The Morgan fingerprint density at radius 1 is 0.885 bits per heavy atom. The lowest BCUT2D eigenvalue weighted by molar-refractivity contribution is -0.118. The van der Waals surface area contributed by atoms with Crippen molar-refractivity contribution >= 4 is 35.7 Å². The average Bonchev–Trinajstić information content (AvgIpc) is 2.93. The predicted molar refractivity (Wildman–Crippen MR) is 107 cm³/mol. The SMILES string of the molecule is Cl.O=C(Nc1ccc(NC(=O)N2CCCCCC2)cc1)C1CCCCN1. The minimum atomic E-state index is -0.101. The van der Waals surface area contributed by atoms with Crippen molar-refractivity contribution < 1.29 is 9.59 Å². The average molecular weight is 381 g/mol. The Labute approximate surface area is 161 Å². The van der Waals surface area contributed by atoms with Crippen LogP contribution in [0.1, 0.15) is 44.9 Å². The van der Waals surface area contributed by atoms with Crippen LogP contribution < -0.4 is 16.0 Å². The first-order chi connectivity index (χ1) is 12.2. The molecule has 3 rings (SSSR count). The lowest BCUT2D eigenvalue weighted by Crippen LogP contribution is -2.43. The second-order valence-corrected chi connectivity index (χ2v) is 6.90. The first-order valence-corrected chi connectivity index (χ1v) is 9.42. The minimum Gasteiger partial charge on any atom is -0.325 e. The van der Waals surface area contributed by atoms with E-state index in [-0.39, 0.29) is 30.4 Å². The lowest BCUT2D eigenvalue weighted by atomic mass is 10.0. The number of anilines is 2. The third-order valence-electron chi connectivity index (χ3n) is 4.92. The van der Waals surface area contributed by atoms with E-state index < -0.39 is 0 Å². The largest absolute Gasteiger partial charge is 0.325 e. The van der Waals surface area contributed by atoms with Gasteiger partial charge in [-0.3, -0.25) is 4.79 Å². The van der Waals surface area contributed by atoms with Crippen molar-refractivity contribution in [3.05, 3.63) is 24.3 Å². The van der Waals surface area contributed by atoms with Gasteiger partial charge in [-0.15, -0.1) is 12.4 Å². The van der Waals surface area contributed by atoms with E-state index in [4.69, 9.17) is 0 Å². The van der Waals surface area contributed by atoms with Gasteiger partial charge in [0.1, 0.15) is 0 Å². The molecule has 0 aliphatic carbocycles. The maximum atomic E-state index is 12.3. The normalized spacial score (nSPS) is 20.5. The molecule has 2 aliphatic heterocycles. The summed E-state index contributed by atoms with van der Waals surface area (Å²) < 4.78 is 0. The molecule has 0 aromatic heterocycles. The molecule has 3 N–H and O–H groups in total. The first-order valence-electron chi connectivity index (χ1n) is 9.42. The molecule has 1 atom stereocenters. The van der Waals surface area contributed by atoms with Gasteiger partial charge in [0.05, 0.1) is 6.04 Å². The quantitative estimate of drug-likeness (QED) is 0.750. The molecule has 7 heteroatoms. The number of likely N-dealkylation sites (tertiary alicyclic amines) is 1. The highest BCUT2D eigenvalue weighted by molar-refractivity contribution is 5.95. The number of rotatable bonds is 3. The van der Waals surface area contributed by atoms with E-state index in [1.54, 1.807) is 0 Å². The van der Waals surface area contributed by atoms with E-state index >= 15 is 0 Å². The van der Waals surface area contributed by atoms with Gasteiger partial charge in [-0.2, -0.15) is 0 Å². The zero-order valence-corrected chi connectivity index (χ0v) is 15.9. The van der Waals surface area contributed by atoms with Crippen molar-refractivity contribution in [2.24, 2.45) is 0 Å². The summed E-state index contributed by atoms with van der Waals surface area (Å²) in [5.41, 5.74) is 1.51. The Balaban J connectivity index is 0.00000243. The lowest BCUT2D eigenvalue weighted by Gasteiger charge is -2.22. The Morgan fingerprint density at radius 2 is 1.50 bits per heavy atom. The first kappa shape index (κ1) is 20.5. The van der Waals surface area contributed by atoms with Gasteiger partial charge in [0.2, 0.25) is 5.91 Å². The topological polar surface area (TPSA) is 73.5 Å². The predicted octanol–water partition coefficient (Wildman–Crippen LogP) is 3.60. The molecule has 0 spiro atoms. The summed E-state index contributed by atoms with van der Waals surface area (Å²) in [6.45, 7) is 2.56. The van der Waals surface area contributed by atoms with Gasteiger partial charge < -0.3 is 20.9 Å². The van der Waals surface area contributed by atoms with Gasteiger partial charge in [-0.1, -0.05) is 19.3 Å². The van der Waals surface area contributed by atoms with Crippen molar-refractivity contribution in [2.75, 3.05) is 30.3 Å². The van der Waals surface area contributed by atoms with Crippen molar-refractivity contribution in [1.82, 2.24) is 10.2 Å². The van der Waals surface area contributed by atoms with Crippen LogP contribution >= 0.6 is 12.4 Å². The number of amides is 3. The summed E-state index contributed by atoms with van der Waals surface area (Å²) in [6.07, 6.45) is 7.67. The molecule has 0 bridgehead atoms. The Bertz CT molecular complexity index is 580. The molecule has 3 amide bonds. The van der Waals surface area contributed by atoms with E-state index in [1.807, 2.05) is 29.2 Å². The van der Waals surface area contributed by atoms with Gasteiger partial charge in [-0.05, 0) is 56.5 Å². The highest BCUT2D eigenvalue weighted by Crippen LogP contribution is 2.17. The van der Waals surface area contributed by atoms with Crippen LogP contribution in [-0.4, -0.2) is 42.5 Å². The van der Waals surface area contributed by atoms with Crippen molar-refractivity contribution in [2.45, 2.75) is 51.0 Å². The highest BCUT2D eigenvalue weighted by atomic mass is 35.5. The number of hydrogen-bond donors (Lipinski definition) is 3. The van der Waals surface area contributed by atoms with Crippen molar-refractivity contribution in [3.8, 4) is 0 Å². The number of hydrogen-bond acceptors (Lipinski definition) is 3. The second-order valence-electron chi connectivity index (χ2n) is 6.90. The molecule has 0 saturated carbocycles. The number of urea groups is 1. The molecule has 0 radical (unpaired) electrons. The fraction of sp³-hybridized carbons (Fsp3) is 0.579. The number of carbonyl (C=O) groups excluding carboxylic acids is 2. The van der Waals surface area contributed by atoms with Crippen LogP contribution in [0.5, 0.6) is 0 Å². The van der Waals surface area contributed by atoms with Gasteiger partial charge in [-0.25, -0.2) is 4.79 Å². The number of nitrogens with one attached hydrogen (secondary N) is 3. The van der Waals surface area contributed by atoms with Crippen LogP contribution in [0.4, 0.5) is 16.2 Å². The maximum Gasteiger partial charge on any atom is 0.321 e. The zero-order valence-electron chi connectivity index (χ0n) is 15.1. The molecule has 2 aliphatic rings. The molecule has 1 aromatic carbocycles. The Hall–Kier alpha value is -1.79. The molecule has 6 nitrogen and oxygen atoms in total. The molecular formula is C19H29ClN4O2. The standard InChI is InChI=1S/C19H28N4O2.ClH/c24-18(17-7-3-4-12-20-17)21-15-8-10-16(11-9-15)22-19(25)23-13-5-1-2-6-14-23;/h8-11,17,20H,1-7,12-14H2,(H,21,24)(H,22,25);1H. The van der Waals surface area contributed by atoms with Gasteiger partial charge >= 0.3 is 6.03 Å². The third kappa shape index (κ3) is 5.88. The number of benzene rings is 1. The molecule has 2 saturated heterocycles. The summed E-state index contributed by atoms with van der Waals surface area (Å²) in [5.74, 6) is 0.0149. The second kappa shape index (κ2) is 10.4. The van der Waals surface area contributed by atoms with Gasteiger partial charge in [0.15, 0.2) is 0 Å². The van der Waals surface area contributed by atoms with Crippen LogP contribution in [0.25, 0.3) is 0 Å². The Morgan fingerprint density at radius 3 is 2.08 bits per heavy atom. The molecule has 26 heavy (non-hydrogen) atoms. The zero-order chi connectivity index (χ0) is 17.5. The molecular weight excluding hydrogens is 352 g/mol. The van der Waals surface area contributed by atoms with Crippen LogP contribution in [0, 0.1) is 0 Å². The molecule has 1 unspecified atom stereocenters. The fourth-order valence-corrected chi connectivity index (χ4v) is 3.42. The van der Waals surface area contributed by atoms with E-state index in [0.717, 1.165) is 63.1 Å². The summed E-state index contributed by atoms with van der Waals surface area (Å²) in [6, 6.07) is 7.19. The smallest absolute Gasteiger partial charge is 0.321 e. The fourth-order valence-electron chi connectivity index (χ4n) is 3.42. The number of piperidine rings is 1. The minimum absolute atomic E-state index is 0. The highest BCUT2D eigenvalue weighted by Gasteiger charge is 2.20. The van der Waals surface area contributed by atoms with E-state index in [1.165, 1.54) is 12.8 Å². The maximum absolute atomic E-state index is 12.3. The summed E-state index contributed by atoms with van der Waals surface area (Å²) in [7, 11) is 0. The van der Waals surface area contributed by atoms with Crippen LogP contribution in [0.15, 0.2) is 24.3 Å². The van der Waals surface area contributed by atoms with E-state index in [2.05, 4.69) is 16.0 Å². The summed E-state index contributed by atoms with van der Waals surface area (Å²) in [5, 5.41) is 9.13. The summed E-state index contributed by atoms with van der Waals surface area (Å²) in [4.78, 5) is 26.4. The monoisotopic (exact) mass is 380 g/mol. The van der Waals surface area contributed by atoms with Crippen LogP contribution in [0.3, 0.4) is 0 Å². The summed E-state index contributed by atoms with van der Waals surface area (Å²) >= 11 is 0. The van der Waals surface area contributed by atoms with Crippen molar-refractivity contribution in [3.63, 3.8) is 0 Å². The molecule has 1 aromatic rings. The van der Waals surface area contributed by atoms with E-state index in [0.29, 0.717) is 0 Å². The van der Waals surface area contributed by atoms with Gasteiger partial charge in [0.25, 0.3) is 0 Å². The van der Waals surface area contributed by atoms with Crippen molar-refractivity contribution in [1.29, 1.82) is 0 Å². The van der Waals surface area contributed by atoms with E-state index in [9.17, 15) is 9.59 Å². The third-order valence-corrected chi connectivity index (χ3v) is 4.92. The number of carbonyl (C=O) groups is 2. The van der Waals surface area contributed by atoms with Crippen LogP contribution in [-0.2, 0) is 4.79 Å². The Kier molecular flexibility index (Phi) is 8.19. The van der Waals surface area contributed by atoms with Gasteiger partial charge in [0, 0.05) is 24.5 Å². The number of nitrogens with zero attached hydrogens (tertiary/aromatic N) is 1. The molecule has 2 fully saturated rings.